The first-order valence-corrected chi connectivity index (χ1v) is 4.37. The van der Waals surface area contributed by atoms with E-state index in [1.165, 1.54) is 7.11 Å². The fourth-order valence-corrected chi connectivity index (χ4v) is 3.30. The van der Waals surface area contributed by atoms with Crippen molar-refractivity contribution in [1.82, 2.24) is 0 Å². The fraction of sp³-hybridized carbons (Fsp3) is 0.778. The van der Waals surface area contributed by atoms with E-state index in [2.05, 4.69) is 4.74 Å². The van der Waals surface area contributed by atoms with Crippen LogP contribution in [0.3, 0.4) is 0 Å². The summed E-state index contributed by atoms with van der Waals surface area (Å²) >= 11 is 0. The van der Waals surface area contributed by atoms with Gasteiger partial charge in [0.2, 0.25) is 0 Å². The zero-order valence-electron chi connectivity index (χ0n) is 6.82. The highest BCUT2D eigenvalue weighted by atomic mass is 16.5. The van der Waals surface area contributed by atoms with Crippen LogP contribution in [0.4, 0.5) is 0 Å². The molecule has 3 nitrogen and oxygen atoms in total. The van der Waals surface area contributed by atoms with Gasteiger partial charge in [-0.2, -0.15) is 0 Å². The molecule has 0 aromatic heterocycles. The second-order valence-corrected chi connectivity index (χ2v) is 4.06. The molecule has 0 amide bonds. The highest BCUT2D eigenvalue weighted by Gasteiger charge is 2.75. The lowest BCUT2D eigenvalue weighted by Gasteiger charge is -2.09. The third kappa shape index (κ3) is 0.490. The van der Waals surface area contributed by atoms with Crippen molar-refractivity contribution in [2.75, 3.05) is 7.11 Å². The number of Topliss-reactive ketones (excluding diaryl/α,β-unsaturated/α-hetero) is 1. The standard InChI is InChI=1S/C9H10O3/c1-12-9(11)7-4-2-3-5(7)6(3)8(4)10/h3-7H,2H2,1H3/t3-,4+,5-,6-,7+/m1/s1. The molecule has 0 spiro atoms. The molecule has 4 fully saturated rings. The van der Waals surface area contributed by atoms with Crippen molar-refractivity contribution in [3.63, 3.8) is 0 Å². The lowest BCUT2D eigenvalue weighted by Crippen LogP contribution is -2.21. The van der Waals surface area contributed by atoms with E-state index >= 15 is 0 Å². The molecule has 0 N–H and O–H groups in total. The summed E-state index contributed by atoms with van der Waals surface area (Å²) in [5.41, 5.74) is 0. The minimum absolute atomic E-state index is 0.0254. The molecule has 4 aliphatic rings. The first-order valence-electron chi connectivity index (χ1n) is 4.37. The molecule has 0 heterocycles. The minimum Gasteiger partial charge on any atom is -0.469 e. The Labute approximate surface area is 70.1 Å². The van der Waals surface area contributed by atoms with Crippen LogP contribution in [0.15, 0.2) is 0 Å². The lowest BCUT2D eigenvalue weighted by atomic mass is 9.98. The molecule has 4 aliphatic carbocycles. The van der Waals surface area contributed by atoms with Gasteiger partial charge in [0.15, 0.2) is 0 Å². The number of hydrogen-bond donors (Lipinski definition) is 0. The maximum absolute atomic E-state index is 11.4. The van der Waals surface area contributed by atoms with Crippen LogP contribution in [0.2, 0.25) is 0 Å². The van der Waals surface area contributed by atoms with Crippen LogP contribution in [0.25, 0.3) is 0 Å². The van der Waals surface area contributed by atoms with Crippen molar-refractivity contribution in [1.29, 1.82) is 0 Å². The van der Waals surface area contributed by atoms with Crippen LogP contribution in [0, 0.1) is 29.6 Å². The Morgan fingerprint density at radius 2 is 2.33 bits per heavy atom. The van der Waals surface area contributed by atoms with Gasteiger partial charge < -0.3 is 4.74 Å². The van der Waals surface area contributed by atoms with Gasteiger partial charge in [0, 0.05) is 11.8 Å². The molecule has 0 saturated heterocycles. The van der Waals surface area contributed by atoms with E-state index in [0.29, 0.717) is 17.6 Å². The minimum atomic E-state index is -0.166. The maximum atomic E-state index is 11.4. The first-order chi connectivity index (χ1) is 5.75. The summed E-state index contributed by atoms with van der Waals surface area (Å²) in [6, 6.07) is 0. The van der Waals surface area contributed by atoms with Crippen LogP contribution in [0.1, 0.15) is 6.42 Å². The van der Waals surface area contributed by atoms with Crippen LogP contribution in [-0.4, -0.2) is 18.9 Å². The Hall–Kier alpha value is -0.860. The summed E-state index contributed by atoms with van der Waals surface area (Å²) < 4.78 is 4.69. The molecule has 4 bridgehead atoms. The summed E-state index contributed by atoms with van der Waals surface area (Å²) in [6.07, 6.45) is 0.952. The Bertz CT molecular complexity index is 283. The van der Waals surface area contributed by atoms with Crippen LogP contribution < -0.4 is 0 Å². The number of carbonyl (C=O) groups excluding carboxylic acids is 2. The first kappa shape index (κ1) is 6.63. The predicted octanol–water partition coefficient (Wildman–Crippen LogP) is 0.240. The third-order valence-corrected chi connectivity index (χ3v) is 3.77. The maximum Gasteiger partial charge on any atom is 0.309 e. The second-order valence-electron chi connectivity index (χ2n) is 4.06. The van der Waals surface area contributed by atoms with Crippen LogP contribution >= 0.6 is 0 Å². The van der Waals surface area contributed by atoms with Gasteiger partial charge >= 0.3 is 5.97 Å². The van der Waals surface area contributed by atoms with Gasteiger partial charge in [0.25, 0.3) is 0 Å². The van der Waals surface area contributed by atoms with Crippen LogP contribution in [-0.2, 0) is 14.3 Å². The molecule has 5 atom stereocenters. The Morgan fingerprint density at radius 3 is 2.67 bits per heavy atom. The average molecular weight is 166 g/mol. The topological polar surface area (TPSA) is 43.4 Å². The average Bonchev–Trinajstić information content (AvgIpc) is 2.42. The van der Waals surface area contributed by atoms with E-state index in [1.807, 2.05) is 0 Å². The highest BCUT2D eigenvalue weighted by Crippen LogP contribution is 2.71. The molecule has 12 heavy (non-hydrogen) atoms. The van der Waals surface area contributed by atoms with Gasteiger partial charge in [-0.1, -0.05) is 0 Å². The SMILES string of the molecule is COC(=O)[C@@H]1[C@@H]2[C@H]3C[C@@H]1C(=O)[C@H]32. The molecule has 0 aliphatic heterocycles. The molecule has 0 unspecified atom stereocenters. The number of hydrogen-bond acceptors (Lipinski definition) is 3. The number of methoxy groups -OCH3 is 1. The molecule has 4 rings (SSSR count). The summed E-state index contributed by atoms with van der Waals surface area (Å²) in [4.78, 5) is 22.7. The summed E-state index contributed by atoms with van der Waals surface area (Å²) in [5.74, 6) is 1.29. The summed E-state index contributed by atoms with van der Waals surface area (Å²) in [6.45, 7) is 0. The van der Waals surface area contributed by atoms with Crippen LogP contribution in [0.5, 0.6) is 0 Å². The predicted molar refractivity (Wildman–Crippen MR) is 39.1 cm³/mol. The number of ether oxygens (including phenoxy) is 1. The normalized spacial score (nSPS) is 52.8. The van der Waals surface area contributed by atoms with Gasteiger partial charge in [-0.3, -0.25) is 9.59 Å². The van der Waals surface area contributed by atoms with Gasteiger partial charge in [0.1, 0.15) is 5.78 Å². The molecule has 0 radical (unpaired) electrons. The van der Waals surface area contributed by atoms with E-state index in [4.69, 9.17) is 0 Å². The molecular formula is C9H10O3. The summed E-state index contributed by atoms with van der Waals surface area (Å²) in [7, 11) is 1.40. The zero-order valence-corrected chi connectivity index (χ0v) is 6.82. The molecule has 0 aromatic carbocycles. The Balaban J connectivity index is 1.93. The fourth-order valence-electron chi connectivity index (χ4n) is 3.30. The quantitative estimate of drug-likeness (QED) is 0.524. The molecule has 0 aromatic rings. The number of ketones is 1. The number of carbonyl (C=O) groups is 2. The van der Waals surface area contributed by atoms with Gasteiger partial charge in [-0.25, -0.2) is 0 Å². The van der Waals surface area contributed by atoms with Gasteiger partial charge in [0.05, 0.1) is 13.0 Å². The zero-order chi connectivity index (χ0) is 8.46. The Kier molecular flexibility index (Phi) is 0.955. The van der Waals surface area contributed by atoms with Gasteiger partial charge in [-0.05, 0) is 18.3 Å². The number of esters is 1. The summed E-state index contributed by atoms with van der Waals surface area (Å²) in [5, 5.41) is 0. The van der Waals surface area contributed by atoms with Crippen molar-refractivity contribution in [3.8, 4) is 0 Å². The smallest absolute Gasteiger partial charge is 0.309 e. The van der Waals surface area contributed by atoms with Crippen molar-refractivity contribution in [3.05, 3.63) is 0 Å². The molecule has 3 heteroatoms. The van der Waals surface area contributed by atoms with Crippen molar-refractivity contribution in [2.45, 2.75) is 6.42 Å². The van der Waals surface area contributed by atoms with E-state index in [9.17, 15) is 9.59 Å². The molecule has 4 saturated carbocycles. The number of rotatable bonds is 1. The van der Waals surface area contributed by atoms with E-state index in [0.717, 1.165) is 6.42 Å². The third-order valence-electron chi connectivity index (χ3n) is 3.77. The van der Waals surface area contributed by atoms with Gasteiger partial charge in [-0.15, -0.1) is 0 Å². The second kappa shape index (κ2) is 1.73. The van der Waals surface area contributed by atoms with E-state index < -0.39 is 0 Å². The largest absolute Gasteiger partial charge is 0.469 e. The van der Waals surface area contributed by atoms with Crippen molar-refractivity contribution in [2.24, 2.45) is 29.6 Å². The Morgan fingerprint density at radius 1 is 1.58 bits per heavy atom. The monoisotopic (exact) mass is 166 g/mol. The molecule has 64 valence electrons. The highest BCUT2D eigenvalue weighted by molar-refractivity contribution is 5.98. The van der Waals surface area contributed by atoms with E-state index in [-0.39, 0.29) is 23.7 Å². The molecular weight excluding hydrogens is 156 g/mol. The van der Waals surface area contributed by atoms with Crippen molar-refractivity contribution >= 4 is 11.8 Å². The lowest BCUT2D eigenvalue weighted by molar-refractivity contribution is -0.147. The van der Waals surface area contributed by atoms with E-state index in [1.54, 1.807) is 0 Å². The van der Waals surface area contributed by atoms with Crippen molar-refractivity contribution < 1.29 is 14.3 Å².